The quantitative estimate of drug-likeness (QED) is 0.481. The smallest absolute Gasteiger partial charge is 0.399 e. The third-order valence-corrected chi connectivity index (χ3v) is 6.58. The molecule has 0 bridgehead atoms. The van der Waals surface area contributed by atoms with Gasteiger partial charge in [0.05, 0.1) is 0 Å². The molecule has 2 aromatic rings. The number of hydrogen-bond acceptors (Lipinski definition) is 1. The van der Waals surface area contributed by atoms with Gasteiger partial charge in [0.25, 0.3) is 0 Å². The zero-order valence-corrected chi connectivity index (χ0v) is 15.7. The lowest BCUT2D eigenvalue weighted by molar-refractivity contribution is -0.276. The molecule has 0 aliphatic heterocycles. The average molecular weight is 398 g/mol. The predicted octanol–water partition coefficient (Wildman–Crippen LogP) is 7.34. The van der Waals surface area contributed by atoms with E-state index in [1.54, 1.807) is 12.1 Å². The van der Waals surface area contributed by atoms with Gasteiger partial charge in [0.15, 0.2) is 11.6 Å². The fourth-order valence-electron chi connectivity index (χ4n) is 5.22. The Morgan fingerprint density at radius 2 is 1.64 bits per heavy atom. The molecule has 2 fully saturated rings. The molecular weight excluding hydrogens is 375 g/mol. The van der Waals surface area contributed by atoms with Crippen molar-refractivity contribution < 1.29 is 26.7 Å². The number of hydrogen-bond donors (Lipinski definition) is 0. The van der Waals surface area contributed by atoms with Gasteiger partial charge in [-0.2, -0.15) is 0 Å². The summed E-state index contributed by atoms with van der Waals surface area (Å²) in [4.78, 5) is 0. The monoisotopic (exact) mass is 398 g/mol. The van der Waals surface area contributed by atoms with Crippen molar-refractivity contribution in [2.75, 3.05) is 0 Å². The van der Waals surface area contributed by atoms with Crippen molar-refractivity contribution in [2.45, 2.75) is 57.7 Å². The molecule has 6 heteroatoms. The van der Waals surface area contributed by atoms with E-state index in [1.165, 1.54) is 31.7 Å². The Labute approximate surface area is 160 Å². The SMILES string of the molecule is C[C@@H]1CC[C@@H]2CC(c3ccc4c(F)c(OC(F)(F)F)c(F)cc4c3)CCC2C1. The molecule has 2 unspecified atom stereocenters. The molecule has 0 aromatic heterocycles. The summed E-state index contributed by atoms with van der Waals surface area (Å²) in [5, 5.41) is 0.200. The fraction of sp³-hybridized carbons (Fsp3) is 0.545. The van der Waals surface area contributed by atoms with Crippen LogP contribution < -0.4 is 4.74 Å². The minimum atomic E-state index is -5.15. The van der Waals surface area contributed by atoms with E-state index >= 15 is 0 Å². The molecule has 0 amide bonds. The van der Waals surface area contributed by atoms with Crippen LogP contribution in [0.25, 0.3) is 10.8 Å². The largest absolute Gasteiger partial charge is 0.573 e. The Bertz CT molecular complexity index is 875. The number of halogens is 5. The second-order valence-electron chi connectivity index (χ2n) is 8.48. The van der Waals surface area contributed by atoms with Crippen LogP contribution in [0.15, 0.2) is 24.3 Å². The van der Waals surface area contributed by atoms with Crippen LogP contribution >= 0.6 is 0 Å². The number of fused-ring (bicyclic) bond motifs is 2. The summed E-state index contributed by atoms with van der Waals surface area (Å²) >= 11 is 0. The van der Waals surface area contributed by atoms with E-state index < -0.39 is 23.7 Å². The molecule has 1 nitrogen and oxygen atoms in total. The molecule has 152 valence electrons. The first kappa shape index (κ1) is 19.5. The summed E-state index contributed by atoms with van der Waals surface area (Å²) in [6.07, 6.45) is 1.90. The van der Waals surface area contributed by atoms with Crippen molar-refractivity contribution in [1.29, 1.82) is 0 Å². The molecule has 28 heavy (non-hydrogen) atoms. The van der Waals surface area contributed by atoms with Crippen molar-refractivity contribution in [3.8, 4) is 5.75 Å². The van der Waals surface area contributed by atoms with Crippen LogP contribution in [-0.4, -0.2) is 6.36 Å². The summed E-state index contributed by atoms with van der Waals surface area (Å²) in [6.45, 7) is 2.31. The lowest BCUT2D eigenvalue weighted by Crippen LogP contribution is -2.29. The van der Waals surface area contributed by atoms with Crippen molar-refractivity contribution in [3.63, 3.8) is 0 Å². The van der Waals surface area contributed by atoms with E-state index in [-0.39, 0.29) is 10.8 Å². The normalized spacial score (nSPS) is 28.2. The second-order valence-corrected chi connectivity index (χ2v) is 8.48. The van der Waals surface area contributed by atoms with Gasteiger partial charge in [-0.25, -0.2) is 8.78 Å². The summed E-state index contributed by atoms with van der Waals surface area (Å²) in [5.74, 6) is -1.47. The lowest BCUT2D eigenvalue weighted by Gasteiger charge is -2.41. The molecule has 0 heterocycles. The molecule has 0 N–H and O–H groups in total. The lowest BCUT2D eigenvalue weighted by atomic mass is 9.64. The Hall–Kier alpha value is -1.85. The fourth-order valence-corrected chi connectivity index (χ4v) is 5.22. The molecular formula is C22H23F5O. The predicted molar refractivity (Wildman–Crippen MR) is 97.1 cm³/mol. The first-order valence-corrected chi connectivity index (χ1v) is 9.88. The van der Waals surface area contributed by atoms with Crippen LogP contribution in [0.2, 0.25) is 0 Å². The number of benzene rings is 2. The first-order valence-electron chi connectivity index (χ1n) is 9.88. The van der Waals surface area contributed by atoms with Crippen LogP contribution in [0.3, 0.4) is 0 Å². The molecule has 0 radical (unpaired) electrons. The third kappa shape index (κ3) is 3.83. The summed E-state index contributed by atoms with van der Waals surface area (Å²) in [7, 11) is 0. The Balaban J connectivity index is 1.61. The topological polar surface area (TPSA) is 9.23 Å². The van der Waals surface area contributed by atoms with Crippen LogP contribution in [0.4, 0.5) is 22.0 Å². The summed E-state index contributed by atoms with van der Waals surface area (Å²) in [5.41, 5.74) is 1.01. The number of rotatable bonds is 2. The maximum atomic E-state index is 14.4. The van der Waals surface area contributed by atoms with E-state index in [9.17, 15) is 22.0 Å². The molecule has 0 saturated heterocycles. The van der Waals surface area contributed by atoms with Crippen LogP contribution in [-0.2, 0) is 0 Å². The minimum Gasteiger partial charge on any atom is -0.399 e. The molecule has 4 atom stereocenters. The van der Waals surface area contributed by atoms with E-state index in [0.717, 1.165) is 36.3 Å². The van der Waals surface area contributed by atoms with Gasteiger partial charge in [-0.15, -0.1) is 13.2 Å². The summed E-state index contributed by atoms with van der Waals surface area (Å²) < 4.78 is 69.3. The number of ether oxygens (including phenoxy) is 1. The maximum absolute atomic E-state index is 14.4. The maximum Gasteiger partial charge on any atom is 0.573 e. The molecule has 2 saturated carbocycles. The van der Waals surface area contributed by atoms with Crippen LogP contribution in [0, 0.1) is 29.4 Å². The molecule has 0 spiro atoms. The molecule has 2 aromatic carbocycles. The van der Waals surface area contributed by atoms with E-state index in [1.807, 2.05) is 0 Å². The van der Waals surface area contributed by atoms with Gasteiger partial charge in [-0.1, -0.05) is 31.5 Å². The second kappa shape index (κ2) is 7.20. The highest BCUT2D eigenvalue weighted by molar-refractivity contribution is 5.85. The van der Waals surface area contributed by atoms with Crippen molar-refractivity contribution in [3.05, 3.63) is 41.5 Å². The van der Waals surface area contributed by atoms with E-state index in [4.69, 9.17) is 0 Å². The van der Waals surface area contributed by atoms with Gasteiger partial charge < -0.3 is 4.74 Å². The highest BCUT2D eigenvalue weighted by atomic mass is 19.4. The van der Waals surface area contributed by atoms with Gasteiger partial charge in [-0.3, -0.25) is 0 Å². The summed E-state index contributed by atoms with van der Waals surface area (Å²) in [6, 6.07) is 5.85. The average Bonchev–Trinajstić information content (AvgIpc) is 2.63. The first-order chi connectivity index (χ1) is 13.2. The third-order valence-electron chi connectivity index (χ3n) is 6.58. The van der Waals surface area contributed by atoms with Crippen molar-refractivity contribution in [2.24, 2.45) is 17.8 Å². The van der Waals surface area contributed by atoms with Crippen molar-refractivity contribution >= 4 is 10.8 Å². The number of alkyl halides is 3. The van der Waals surface area contributed by atoms with E-state index in [0.29, 0.717) is 11.8 Å². The van der Waals surface area contributed by atoms with Crippen LogP contribution in [0.5, 0.6) is 5.75 Å². The highest BCUT2D eigenvalue weighted by Gasteiger charge is 2.36. The Morgan fingerprint density at radius 1 is 0.929 bits per heavy atom. The van der Waals surface area contributed by atoms with E-state index in [2.05, 4.69) is 11.7 Å². The van der Waals surface area contributed by atoms with Gasteiger partial charge in [0.1, 0.15) is 0 Å². The molecule has 2 aliphatic rings. The zero-order valence-electron chi connectivity index (χ0n) is 15.7. The van der Waals surface area contributed by atoms with Gasteiger partial charge in [0.2, 0.25) is 5.75 Å². The van der Waals surface area contributed by atoms with Crippen LogP contribution in [0.1, 0.15) is 56.9 Å². The zero-order chi connectivity index (χ0) is 20.1. The minimum absolute atomic E-state index is 0.0652. The highest BCUT2D eigenvalue weighted by Crippen LogP contribution is 2.48. The van der Waals surface area contributed by atoms with Crippen molar-refractivity contribution in [1.82, 2.24) is 0 Å². The Morgan fingerprint density at radius 3 is 2.39 bits per heavy atom. The van der Waals surface area contributed by atoms with Gasteiger partial charge in [-0.05, 0) is 72.8 Å². The standard InChI is InChI=1S/C22H23F5O/c1-12-2-3-14-9-15(5-4-13(14)8-12)16-6-7-18-17(10-16)11-19(23)21(20(18)24)28-22(25,26)27/h6-7,10-15H,2-5,8-9H2,1H3/t12-,13?,14-,15?/m1/s1. The van der Waals surface area contributed by atoms with Gasteiger partial charge in [0, 0.05) is 5.39 Å². The Kier molecular flexibility index (Phi) is 5.00. The molecule has 4 rings (SSSR count). The molecule has 2 aliphatic carbocycles. The van der Waals surface area contributed by atoms with Gasteiger partial charge >= 0.3 is 6.36 Å².